The van der Waals surface area contributed by atoms with Gasteiger partial charge in [-0.3, -0.25) is 0 Å². The zero-order chi connectivity index (χ0) is 11.1. The van der Waals surface area contributed by atoms with Gasteiger partial charge in [0.1, 0.15) is 0 Å². The molecule has 0 aromatic carbocycles. The Hall–Kier alpha value is -0.0800. The van der Waals surface area contributed by atoms with Gasteiger partial charge in [0, 0.05) is 13.1 Å². The average molecular weight is 212 g/mol. The van der Waals surface area contributed by atoms with Crippen molar-refractivity contribution in [1.29, 1.82) is 0 Å². The summed E-state index contributed by atoms with van der Waals surface area (Å²) in [5, 5.41) is 3.31. The predicted molar refractivity (Wildman–Crippen MR) is 67.2 cm³/mol. The average Bonchev–Trinajstić information content (AvgIpc) is 2.27. The van der Waals surface area contributed by atoms with Crippen LogP contribution in [0.5, 0.6) is 0 Å². The van der Waals surface area contributed by atoms with E-state index in [4.69, 9.17) is 0 Å². The molecule has 2 heteroatoms. The van der Waals surface area contributed by atoms with Gasteiger partial charge in [-0.25, -0.2) is 0 Å². The van der Waals surface area contributed by atoms with Gasteiger partial charge in [-0.2, -0.15) is 0 Å². The van der Waals surface area contributed by atoms with Crippen LogP contribution in [0.2, 0.25) is 0 Å². The number of hydrogen-bond acceptors (Lipinski definition) is 2. The maximum atomic E-state index is 3.31. The van der Waals surface area contributed by atoms with E-state index in [0.717, 1.165) is 11.8 Å². The second-order valence-electron chi connectivity index (χ2n) is 5.01. The smallest absolute Gasteiger partial charge is 0.00219 e. The molecule has 1 unspecified atom stereocenters. The summed E-state index contributed by atoms with van der Waals surface area (Å²) in [7, 11) is 2.07. The fraction of sp³-hybridized carbons (Fsp3) is 1.00. The molecule has 15 heavy (non-hydrogen) atoms. The summed E-state index contributed by atoms with van der Waals surface area (Å²) in [4.78, 5) is 2.68. The Kier molecular flexibility index (Phi) is 6.26. The molecule has 1 fully saturated rings. The molecule has 1 heterocycles. The standard InChI is InChI=1S/C13H28N2/c1-4-12(5-2)10-15-8-6-7-13(11-15)9-14-3/h12-14H,4-11H2,1-3H3. The summed E-state index contributed by atoms with van der Waals surface area (Å²) >= 11 is 0. The van der Waals surface area contributed by atoms with E-state index in [-0.39, 0.29) is 0 Å². The summed E-state index contributed by atoms with van der Waals surface area (Å²) in [6.07, 6.45) is 5.49. The van der Waals surface area contributed by atoms with Gasteiger partial charge in [-0.05, 0) is 44.8 Å². The largest absolute Gasteiger partial charge is 0.319 e. The monoisotopic (exact) mass is 212 g/mol. The molecule has 0 aromatic rings. The lowest BCUT2D eigenvalue weighted by Crippen LogP contribution is -2.41. The predicted octanol–water partition coefficient (Wildman–Crippen LogP) is 2.35. The maximum Gasteiger partial charge on any atom is 0.00219 e. The van der Waals surface area contributed by atoms with E-state index < -0.39 is 0 Å². The van der Waals surface area contributed by atoms with Gasteiger partial charge < -0.3 is 10.2 Å². The topological polar surface area (TPSA) is 15.3 Å². The summed E-state index contributed by atoms with van der Waals surface area (Å²) < 4.78 is 0. The summed E-state index contributed by atoms with van der Waals surface area (Å²) in [6.45, 7) is 9.81. The minimum absolute atomic E-state index is 0.887. The summed E-state index contributed by atoms with van der Waals surface area (Å²) in [5.41, 5.74) is 0. The first-order valence-corrected chi connectivity index (χ1v) is 6.67. The van der Waals surface area contributed by atoms with Gasteiger partial charge >= 0.3 is 0 Å². The molecule has 1 saturated heterocycles. The van der Waals surface area contributed by atoms with E-state index in [0.29, 0.717) is 0 Å². The first-order valence-electron chi connectivity index (χ1n) is 6.67. The van der Waals surface area contributed by atoms with E-state index >= 15 is 0 Å². The normalized spacial score (nSPS) is 23.6. The van der Waals surface area contributed by atoms with Gasteiger partial charge in [0.15, 0.2) is 0 Å². The molecule has 0 bridgehead atoms. The van der Waals surface area contributed by atoms with E-state index in [1.54, 1.807) is 0 Å². The minimum Gasteiger partial charge on any atom is -0.319 e. The Morgan fingerprint density at radius 1 is 1.33 bits per heavy atom. The number of hydrogen-bond donors (Lipinski definition) is 1. The Morgan fingerprint density at radius 3 is 2.67 bits per heavy atom. The lowest BCUT2D eigenvalue weighted by atomic mass is 9.95. The lowest BCUT2D eigenvalue weighted by molar-refractivity contribution is 0.148. The van der Waals surface area contributed by atoms with Crippen LogP contribution in [0.15, 0.2) is 0 Å². The molecule has 0 amide bonds. The highest BCUT2D eigenvalue weighted by Crippen LogP contribution is 2.18. The minimum atomic E-state index is 0.887. The Balaban J connectivity index is 2.28. The van der Waals surface area contributed by atoms with Gasteiger partial charge in [0.2, 0.25) is 0 Å². The second kappa shape index (κ2) is 7.24. The Morgan fingerprint density at radius 2 is 2.07 bits per heavy atom. The SMILES string of the molecule is CCC(CC)CN1CCCC(CNC)C1. The molecule has 0 aromatic heterocycles. The molecule has 90 valence electrons. The molecular formula is C13H28N2. The van der Waals surface area contributed by atoms with Crippen LogP contribution in [-0.2, 0) is 0 Å². The van der Waals surface area contributed by atoms with Crippen molar-refractivity contribution in [3.8, 4) is 0 Å². The highest BCUT2D eigenvalue weighted by atomic mass is 15.1. The summed E-state index contributed by atoms with van der Waals surface area (Å²) in [6, 6.07) is 0. The first-order chi connectivity index (χ1) is 7.30. The van der Waals surface area contributed by atoms with Crippen LogP contribution in [0.1, 0.15) is 39.5 Å². The molecular weight excluding hydrogens is 184 g/mol. The van der Waals surface area contributed by atoms with Crippen LogP contribution in [0.4, 0.5) is 0 Å². The molecule has 2 nitrogen and oxygen atoms in total. The number of nitrogens with zero attached hydrogens (tertiary/aromatic N) is 1. The van der Waals surface area contributed by atoms with E-state index in [1.807, 2.05) is 0 Å². The van der Waals surface area contributed by atoms with Crippen molar-refractivity contribution in [2.24, 2.45) is 11.8 Å². The van der Waals surface area contributed by atoms with Gasteiger partial charge in [-0.1, -0.05) is 26.7 Å². The third-order valence-corrected chi connectivity index (χ3v) is 3.77. The molecule has 1 aliphatic heterocycles. The molecule has 0 spiro atoms. The van der Waals surface area contributed by atoms with Crippen LogP contribution in [0.3, 0.4) is 0 Å². The molecule has 1 rings (SSSR count). The maximum absolute atomic E-state index is 3.31. The lowest BCUT2D eigenvalue weighted by Gasteiger charge is -2.34. The van der Waals surface area contributed by atoms with Crippen molar-refractivity contribution >= 4 is 0 Å². The van der Waals surface area contributed by atoms with Crippen molar-refractivity contribution in [1.82, 2.24) is 10.2 Å². The molecule has 1 atom stereocenters. The molecule has 1 N–H and O–H groups in total. The van der Waals surface area contributed by atoms with Crippen molar-refractivity contribution < 1.29 is 0 Å². The molecule has 0 radical (unpaired) electrons. The highest BCUT2D eigenvalue weighted by Gasteiger charge is 2.20. The third-order valence-electron chi connectivity index (χ3n) is 3.77. The fourth-order valence-corrected chi connectivity index (χ4v) is 2.68. The quantitative estimate of drug-likeness (QED) is 0.727. The molecule has 0 aliphatic carbocycles. The van der Waals surface area contributed by atoms with Crippen LogP contribution < -0.4 is 5.32 Å². The van der Waals surface area contributed by atoms with Gasteiger partial charge in [0.25, 0.3) is 0 Å². The fourth-order valence-electron chi connectivity index (χ4n) is 2.68. The van der Waals surface area contributed by atoms with Crippen molar-refractivity contribution in [2.45, 2.75) is 39.5 Å². The number of rotatable bonds is 6. The zero-order valence-electron chi connectivity index (χ0n) is 10.8. The third kappa shape index (κ3) is 4.52. The van der Waals surface area contributed by atoms with E-state index in [9.17, 15) is 0 Å². The Bertz CT molecular complexity index is 153. The van der Waals surface area contributed by atoms with Gasteiger partial charge in [-0.15, -0.1) is 0 Å². The van der Waals surface area contributed by atoms with Crippen LogP contribution >= 0.6 is 0 Å². The number of piperidine rings is 1. The molecule has 0 saturated carbocycles. The van der Waals surface area contributed by atoms with Gasteiger partial charge in [0.05, 0.1) is 0 Å². The molecule has 1 aliphatic rings. The van der Waals surface area contributed by atoms with Crippen molar-refractivity contribution in [2.75, 3.05) is 33.2 Å². The Labute approximate surface area is 95.4 Å². The van der Waals surface area contributed by atoms with Crippen LogP contribution in [-0.4, -0.2) is 38.1 Å². The highest BCUT2D eigenvalue weighted by molar-refractivity contribution is 4.75. The zero-order valence-corrected chi connectivity index (χ0v) is 10.8. The van der Waals surface area contributed by atoms with Crippen LogP contribution in [0.25, 0.3) is 0 Å². The van der Waals surface area contributed by atoms with E-state index in [1.165, 1.54) is 51.9 Å². The number of nitrogens with one attached hydrogen (secondary N) is 1. The summed E-state index contributed by atoms with van der Waals surface area (Å²) in [5.74, 6) is 1.80. The number of likely N-dealkylation sites (tertiary alicyclic amines) is 1. The second-order valence-corrected chi connectivity index (χ2v) is 5.01. The van der Waals surface area contributed by atoms with E-state index in [2.05, 4.69) is 31.1 Å². The van der Waals surface area contributed by atoms with Crippen molar-refractivity contribution in [3.05, 3.63) is 0 Å². The first kappa shape index (κ1) is 13.0. The van der Waals surface area contributed by atoms with Crippen LogP contribution in [0, 0.1) is 11.8 Å². The van der Waals surface area contributed by atoms with Crippen molar-refractivity contribution in [3.63, 3.8) is 0 Å².